The highest BCUT2D eigenvalue weighted by Crippen LogP contribution is 2.29. The number of nitrogens with one attached hydrogen (secondary N) is 1. The number of halogens is 3. The van der Waals surface area contributed by atoms with E-state index in [0.29, 0.717) is 12.4 Å². The molecule has 0 aliphatic heterocycles. The van der Waals surface area contributed by atoms with Crippen molar-refractivity contribution in [2.75, 3.05) is 5.32 Å². The van der Waals surface area contributed by atoms with Gasteiger partial charge in [0.25, 0.3) is 0 Å². The van der Waals surface area contributed by atoms with E-state index in [1.165, 1.54) is 12.1 Å². The Balaban J connectivity index is 0.000000735. The second-order valence-electron chi connectivity index (χ2n) is 5.98. The zero-order valence-electron chi connectivity index (χ0n) is 15.8. The van der Waals surface area contributed by atoms with Gasteiger partial charge in [-0.25, -0.2) is 13.6 Å². The Kier molecular flexibility index (Phi) is 8.03. The molecule has 6 nitrogen and oxygen atoms in total. The van der Waals surface area contributed by atoms with Crippen LogP contribution in [0.5, 0.6) is 0 Å². The quantitative estimate of drug-likeness (QED) is 0.435. The monoisotopic (exact) mass is 436 g/mol. The van der Waals surface area contributed by atoms with E-state index in [0.717, 1.165) is 28.8 Å². The lowest BCUT2D eigenvalue weighted by molar-refractivity contribution is -0.137. The second-order valence-corrected chi connectivity index (χ2v) is 6.55. The number of thiol groups is 1. The van der Waals surface area contributed by atoms with Gasteiger partial charge >= 0.3 is 6.18 Å². The van der Waals surface area contributed by atoms with Crippen LogP contribution in [0, 0.1) is 11.8 Å². The van der Waals surface area contributed by atoms with Crippen LogP contribution in [-0.2, 0) is 30.7 Å². The minimum absolute atomic E-state index is 0.373. The normalized spacial score (nSPS) is 10.6. The van der Waals surface area contributed by atoms with Crippen molar-refractivity contribution >= 4 is 16.7 Å². The molecule has 0 aliphatic carbocycles. The minimum atomic E-state index is -4.33. The molecule has 0 spiro atoms. The van der Waals surface area contributed by atoms with E-state index in [2.05, 4.69) is 27.4 Å². The minimum Gasteiger partial charge on any atom is -0.365 e. The summed E-state index contributed by atoms with van der Waals surface area (Å²) in [5.41, 5.74) is 1.70. The number of nitrogens with zero attached hydrogens (tertiary/aromatic N) is 2. The lowest BCUT2D eigenvalue weighted by Gasteiger charge is -2.10. The molecule has 10 heteroatoms. The third kappa shape index (κ3) is 7.27. The zero-order valence-corrected chi connectivity index (χ0v) is 16.7. The van der Waals surface area contributed by atoms with E-state index in [-0.39, 0.29) is 0 Å². The molecule has 1 heterocycles. The van der Waals surface area contributed by atoms with Crippen molar-refractivity contribution < 1.29 is 21.6 Å². The maximum Gasteiger partial charge on any atom is 0.416 e. The van der Waals surface area contributed by atoms with Crippen LogP contribution in [0.2, 0.25) is 0 Å². The van der Waals surface area contributed by atoms with Gasteiger partial charge < -0.3 is 5.32 Å². The highest BCUT2D eigenvalue weighted by Gasteiger charge is 2.29. The molecule has 0 bridgehead atoms. The molecule has 0 saturated heterocycles. The molecule has 3 rings (SSSR count). The van der Waals surface area contributed by atoms with Crippen molar-refractivity contribution in [1.29, 1.82) is 0 Å². The molecular weight excluding hydrogens is 417 g/mol. The summed E-state index contributed by atoms with van der Waals surface area (Å²) in [5, 5.41) is 11.4. The van der Waals surface area contributed by atoms with Gasteiger partial charge in [0, 0.05) is 19.2 Å². The number of anilines is 1. The van der Waals surface area contributed by atoms with E-state index < -0.39 is 22.6 Å². The average molecular weight is 436 g/mol. The summed E-state index contributed by atoms with van der Waals surface area (Å²) in [6.45, 7) is 0.373. The number of hydrogen-bond acceptors (Lipinski definition) is 4. The summed E-state index contributed by atoms with van der Waals surface area (Å²) in [4.78, 5) is 0. The van der Waals surface area contributed by atoms with E-state index in [1.807, 2.05) is 30.3 Å². The van der Waals surface area contributed by atoms with Crippen molar-refractivity contribution in [2.45, 2.75) is 12.7 Å². The molecule has 0 unspecified atom stereocenters. The fourth-order valence-corrected chi connectivity index (χ4v) is 2.40. The summed E-state index contributed by atoms with van der Waals surface area (Å²) in [6, 6.07) is 14.7. The largest absolute Gasteiger partial charge is 0.416 e. The van der Waals surface area contributed by atoms with Crippen LogP contribution in [0.25, 0.3) is 0 Å². The van der Waals surface area contributed by atoms with Crippen molar-refractivity contribution in [3.63, 3.8) is 0 Å². The lowest BCUT2D eigenvalue weighted by Crippen LogP contribution is -2.07. The molecule has 30 heavy (non-hydrogen) atoms. The SMILES string of the molecule is Cn1ncc(C#Cc2ccccc2)c1NCc1ccc(C(F)(F)F)cc1.N[SH](=O)=O. The first-order valence-corrected chi connectivity index (χ1v) is 9.79. The predicted octanol–water partition coefficient (Wildman–Crippen LogP) is 2.92. The van der Waals surface area contributed by atoms with Gasteiger partial charge in [0.2, 0.25) is 0 Å². The highest BCUT2D eigenvalue weighted by atomic mass is 32.2. The molecule has 3 N–H and O–H groups in total. The van der Waals surface area contributed by atoms with Crippen LogP contribution in [0.15, 0.2) is 60.8 Å². The first-order chi connectivity index (χ1) is 14.2. The summed E-state index contributed by atoms with van der Waals surface area (Å²) in [6.07, 6.45) is -2.67. The van der Waals surface area contributed by atoms with Gasteiger partial charge in [0.05, 0.1) is 17.3 Å². The number of rotatable bonds is 3. The van der Waals surface area contributed by atoms with Gasteiger partial charge in [-0.05, 0) is 29.8 Å². The average Bonchev–Trinajstić information content (AvgIpc) is 3.04. The molecular formula is C20H19F3N4O2S. The molecule has 0 amide bonds. The van der Waals surface area contributed by atoms with E-state index >= 15 is 0 Å². The molecule has 0 aliphatic rings. The first kappa shape index (κ1) is 23.0. The summed E-state index contributed by atoms with van der Waals surface area (Å²) < 4.78 is 57.1. The Morgan fingerprint density at radius 2 is 1.67 bits per heavy atom. The van der Waals surface area contributed by atoms with Crippen molar-refractivity contribution in [3.8, 4) is 11.8 Å². The first-order valence-electron chi connectivity index (χ1n) is 8.55. The van der Waals surface area contributed by atoms with Crippen LogP contribution in [0.4, 0.5) is 19.0 Å². The van der Waals surface area contributed by atoms with Crippen molar-refractivity contribution in [1.82, 2.24) is 9.78 Å². The number of benzene rings is 2. The van der Waals surface area contributed by atoms with Crippen LogP contribution in [0.3, 0.4) is 0 Å². The van der Waals surface area contributed by atoms with E-state index in [1.54, 1.807) is 17.9 Å². The molecule has 0 radical (unpaired) electrons. The van der Waals surface area contributed by atoms with Crippen LogP contribution >= 0.6 is 0 Å². The highest BCUT2D eigenvalue weighted by molar-refractivity contribution is 7.69. The smallest absolute Gasteiger partial charge is 0.365 e. The van der Waals surface area contributed by atoms with Gasteiger partial charge in [0.1, 0.15) is 5.82 Å². The number of aromatic nitrogens is 2. The number of aryl methyl sites for hydroxylation is 1. The molecule has 0 saturated carbocycles. The summed E-state index contributed by atoms with van der Waals surface area (Å²) in [7, 11) is -0.840. The number of nitrogens with two attached hydrogens (primary N) is 1. The number of hydrogen-bond donors (Lipinski definition) is 3. The second kappa shape index (κ2) is 10.5. The maximum absolute atomic E-state index is 12.6. The molecule has 0 atom stereocenters. The summed E-state index contributed by atoms with van der Waals surface area (Å²) >= 11 is 0. The fraction of sp³-hybridized carbons (Fsp3) is 0.150. The Bertz CT molecular complexity index is 1090. The van der Waals surface area contributed by atoms with Gasteiger partial charge in [-0.2, -0.15) is 18.3 Å². The standard InChI is InChI=1S/C20H16F3N3.H3NO2S/c1-26-19(17(14-25-26)10-7-15-5-3-2-4-6-15)24-13-16-8-11-18(12-9-16)20(21,22)23;1-4(2)3/h2-6,8-9,11-12,14,24H,13H2,1H3;4H,(H2,1,2,3). The Hall–Kier alpha value is -3.29. The molecule has 0 fully saturated rings. The zero-order chi connectivity index (χ0) is 22.1. The summed E-state index contributed by atoms with van der Waals surface area (Å²) in [5.74, 6) is 6.86. The van der Waals surface area contributed by atoms with Gasteiger partial charge in [-0.3, -0.25) is 4.68 Å². The third-order valence-corrected chi connectivity index (χ3v) is 3.80. The lowest BCUT2D eigenvalue weighted by atomic mass is 10.1. The molecule has 2 aromatic carbocycles. The molecule has 1 aromatic heterocycles. The van der Waals surface area contributed by atoms with Gasteiger partial charge in [0.15, 0.2) is 10.9 Å². The van der Waals surface area contributed by atoms with Crippen LogP contribution in [0.1, 0.15) is 22.3 Å². The fourth-order valence-electron chi connectivity index (χ4n) is 2.40. The van der Waals surface area contributed by atoms with E-state index in [9.17, 15) is 13.2 Å². The van der Waals surface area contributed by atoms with Crippen LogP contribution in [-0.4, -0.2) is 18.2 Å². The molecule has 158 valence electrons. The van der Waals surface area contributed by atoms with E-state index in [4.69, 9.17) is 8.42 Å². The van der Waals surface area contributed by atoms with Gasteiger partial charge in [-0.15, -0.1) is 0 Å². The Labute approximate surface area is 173 Å². The Morgan fingerprint density at radius 1 is 1.07 bits per heavy atom. The molecule has 3 aromatic rings. The van der Waals surface area contributed by atoms with Crippen molar-refractivity contribution in [2.24, 2.45) is 12.2 Å². The third-order valence-electron chi connectivity index (χ3n) is 3.80. The van der Waals surface area contributed by atoms with Crippen LogP contribution < -0.4 is 10.5 Å². The van der Waals surface area contributed by atoms with Crippen molar-refractivity contribution in [3.05, 3.63) is 83.0 Å². The number of alkyl halides is 3. The predicted molar refractivity (Wildman–Crippen MR) is 109 cm³/mol. The maximum atomic E-state index is 12.6. The topological polar surface area (TPSA) is 90.0 Å². The Morgan fingerprint density at radius 3 is 2.23 bits per heavy atom. The van der Waals surface area contributed by atoms with Gasteiger partial charge in [-0.1, -0.05) is 42.2 Å².